The van der Waals surface area contributed by atoms with Crippen LogP contribution in [-0.2, 0) is 0 Å². The second-order valence-electron chi connectivity index (χ2n) is 2.80. The molecule has 4 nitrogen and oxygen atoms in total. The maximum Gasteiger partial charge on any atom is 0.252 e. The van der Waals surface area contributed by atoms with Gasteiger partial charge in [-0.15, -0.1) is 0 Å². The number of benzene rings is 1. The first kappa shape index (κ1) is 10.7. The van der Waals surface area contributed by atoms with Crippen LogP contribution in [0.5, 0.6) is 11.5 Å². The average molecular weight is 216 g/mol. The van der Waals surface area contributed by atoms with Crippen molar-refractivity contribution in [2.24, 2.45) is 5.73 Å². The van der Waals surface area contributed by atoms with Gasteiger partial charge in [-0.05, 0) is 18.6 Å². The molecular formula is C9H10ClNO3. The summed E-state index contributed by atoms with van der Waals surface area (Å²) in [6.07, 6.45) is 0. The number of halogens is 1. The SMILES string of the molecule is COc1c(Cl)cc(C)c(C(N)=O)c1O. The van der Waals surface area contributed by atoms with Crippen LogP contribution < -0.4 is 10.5 Å². The molecule has 0 radical (unpaired) electrons. The number of nitrogens with two attached hydrogens (primary N) is 1. The minimum atomic E-state index is -0.713. The minimum Gasteiger partial charge on any atom is -0.504 e. The number of ether oxygens (including phenoxy) is 1. The Morgan fingerprint density at radius 3 is 2.64 bits per heavy atom. The summed E-state index contributed by atoms with van der Waals surface area (Å²) < 4.78 is 4.83. The molecule has 1 amide bonds. The number of hydrogen-bond donors (Lipinski definition) is 2. The van der Waals surface area contributed by atoms with Gasteiger partial charge in [0.25, 0.3) is 5.91 Å². The zero-order valence-electron chi connectivity index (χ0n) is 7.80. The summed E-state index contributed by atoms with van der Waals surface area (Å²) in [5.41, 5.74) is 5.64. The molecule has 0 spiro atoms. The van der Waals surface area contributed by atoms with Crippen molar-refractivity contribution >= 4 is 17.5 Å². The van der Waals surface area contributed by atoms with E-state index in [0.29, 0.717) is 5.56 Å². The van der Waals surface area contributed by atoms with Gasteiger partial charge in [-0.2, -0.15) is 0 Å². The molecule has 0 saturated carbocycles. The Bertz CT molecular complexity index is 390. The molecule has 1 rings (SSSR count). The van der Waals surface area contributed by atoms with E-state index in [1.165, 1.54) is 13.2 Å². The third-order valence-corrected chi connectivity index (χ3v) is 2.14. The number of carbonyl (C=O) groups is 1. The first-order valence-electron chi connectivity index (χ1n) is 3.85. The number of amides is 1. The lowest BCUT2D eigenvalue weighted by atomic mass is 10.1. The number of aryl methyl sites for hydroxylation is 1. The largest absolute Gasteiger partial charge is 0.504 e. The van der Waals surface area contributed by atoms with Crippen molar-refractivity contribution in [3.8, 4) is 11.5 Å². The first-order valence-corrected chi connectivity index (χ1v) is 4.22. The van der Waals surface area contributed by atoms with Gasteiger partial charge in [0.1, 0.15) is 0 Å². The van der Waals surface area contributed by atoms with Crippen LogP contribution in [-0.4, -0.2) is 18.1 Å². The van der Waals surface area contributed by atoms with Gasteiger partial charge in [0.2, 0.25) is 0 Å². The summed E-state index contributed by atoms with van der Waals surface area (Å²) in [5.74, 6) is -0.967. The monoisotopic (exact) mass is 215 g/mol. The molecule has 0 atom stereocenters. The Morgan fingerprint density at radius 2 is 2.21 bits per heavy atom. The smallest absolute Gasteiger partial charge is 0.252 e. The van der Waals surface area contributed by atoms with Gasteiger partial charge in [-0.25, -0.2) is 0 Å². The van der Waals surface area contributed by atoms with Crippen LogP contribution >= 0.6 is 11.6 Å². The van der Waals surface area contributed by atoms with Gasteiger partial charge >= 0.3 is 0 Å². The molecule has 0 aliphatic rings. The molecule has 0 saturated heterocycles. The van der Waals surface area contributed by atoms with E-state index in [9.17, 15) is 9.90 Å². The summed E-state index contributed by atoms with van der Waals surface area (Å²) in [6.45, 7) is 1.63. The van der Waals surface area contributed by atoms with E-state index in [-0.39, 0.29) is 22.1 Å². The van der Waals surface area contributed by atoms with Crippen LogP contribution in [0.4, 0.5) is 0 Å². The lowest BCUT2D eigenvalue weighted by Crippen LogP contribution is -2.13. The molecule has 1 aromatic carbocycles. The van der Waals surface area contributed by atoms with Crippen LogP contribution in [0.3, 0.4) is 0 Å². The third kappa shape index (κ3) is 1.61. The highest BCUT2D eigenvalue weighted by molar-refractivity contribution is 6.32. The fourth-order valence-corrected chi connectivity index (χ4v) is 1.58. The highest BCUT2D eigenvalue weighted by Crippen LogP contribution is 2.38. The Hall–Kier alpha value is -1.42. The molecule has 3 N–H and O–H groups in total. The Morgan fingerprint density at radius 1 is 1.64 bits per heavy atom. The normalized spacial score (nSPS) is 9.93. The molecular weight excluding hydrogens is 206 g/mol. The average Bonchev–Trinajstić information content (AvgIpc) is 2.02. The number of methoxy groups -OCH3 is 1. The maximum atomic E-state index is 11.0. The molecule has 0 unspecified atom stereocenters. The second-order valence-corrected chi connectivity index (χ2v) is 3.20. The fraction of sp³-hybridized carbons (Fsp3) is 0.222. The topological polar surface area (TPSA) is 72.5 Å². The van der Waals surface area contributed by atoms with Crippen LogP contribution in [0.25, 0.3) is 0 Å². The number of rotatable bonds is 2. The van der Waals surface area contributed by atoms with E-state index < -0.39 is 5.91 Å². The van der Waals surface area contributed by atoms with E-state index in [1.54, 1.807) is 6.92 Å². The summed E-state index contributed by atoms with van der Waals surface area (Å²) in [5, 5.41) is 9.85. The quantitative estimate of drug-likeness (QED) is 0.785. The first-order chi connectivity index (χ1) is 6.49. The van der Waals surface area contributed by atoms with E-state index in [1.807, 2.05) is 0 Å². The van der Waals surface area contributed by atoms with E-state index >= 15 is 0 Å². The van der Waals surface area contributed by atoms with E-state index in [4.69, 9.17) is 22.1 Å². The molecule has 0 aliphatic heterocycles. The number of primary amides is 1. The van der Waals surface area contributed by atoms with E-state index in [0.717, 1.165) is 0 Å². The summed E-state index contributed by atoms with van der Waals surface area (Å²) in [6, 6.07) is 1.51. The van der Waals surface area contributed by atoms with E-state index in [2.05, 4.69) is 0 Å². The van der Waals surface area contributed by atoms with Gasteiger partial charge in [0.15, 0.2) is 11.5 Å². The molecule has 76 valence electrons. The van der Waals surface area contributed by atoms with Gasteiger partial charge in [0, 0.05) is 0 Å². The van der Waals surface area contributed by atoms with Gasteiger partial charge < -0.3 is 15.6 Å². The van der Waals surface area contributed by atoms with Crippen molar-refractivity contribution in [1.82, 2.24) is 0 Å². The summed E-state index contributed by atoms with van der Waals surface area (Å²) >= 11 is 5.77. The van der Waals surface area contributed by atoms with Gasteiger partial charge in [-0.1, -0.05) is 11.6 Å². The Balaban J connectivity index is 3.52. The Kier molecular flexibility index (Phi) is 2.86. The number of carbonyl (C=O) groups excluding carboxylic acids is 1. The van der Waals surface area contributed by atoms with Crippen LogP contribution in [0.2, 0.25) is 5.02 Å². The molecule has 1 aromatic rings. The van der Waals surface area contributed by atoms with Crippen LogP contribution in [0, 0.1) is 6.92 Å². The van der Waals surface area contributed by atoms with Crippen LogP contribution in [0.1, 0.15) is 15.9 Å². The van der Waals surface area contributed by atoms with Crippen LogP contribution in [0.15, 0.2) is 6.07 Å². The third-order valence-electron chi connectivity index (χ3n) is 1.86. The van der Waals surface area contributed by atoms with Crippen molar-refractivity contribution < 1.29 is 14.6 Å². The maximum absolute atomic E-state index is 11.0. The van der Waals surface area contributed by atoms with Crippen molar-refractivity contribution in [3.63, 3.8) is 0 Å². The number of phenols is 1. The standard InChI is InChI=1S/C9H10ClNO3/c1-4-3-5(10)8(14-2)7(12)6(4)9(11)13/h3,12H,1-2H3,(H2,11,13). The summed E-state index contributed by atoms with van der Waals surface area (Å²) in [4.78, 5) is 11.0. The van der Waals surface area contributed by atoms with Crippen molar-refractivity contribution in [2.75, 3.05) is 7.11 Å². The molecule has 0 aromatic heterocycles. The predicted octanol–water partition coefficient (Wildman–Crippen LogP) is 1.46. The molecule has 5 heteroatoms. The molecule has 0 heterocycles. The van der Waals surface area contributed by atoms with Crippen molar-refractivity contribution in [1.29, 1.82) is 0 Å². The van der Waals surface area contributed by atoms with Crippen molar-refractivity contribution in [2.45, 2.75) is 6.92 Å². The molecule has 14 heavy (non-hydrogen) atoms. The molecule has 0 fully saturated rings. The molecule has 0 aliphatic carbocycles. The highest BCUT2D eigenvalue weighted by Gasteiger charge is 2.18. The zero-order chi connectivity index (χ0) is 10.9. The summed E-state index contributed by atoms with van der Waals surface area (Å²) in [7, 11) is 1.35. The molecule has 0 bridgehead atoms. The van der Waals surface area contributed by atoms with Crippen molar-refractivity contribution in [3.05, 3.63) is 22.2 Å². The minimum absolute atomic E-state index is 0.0336. The highest BCUT2D eigenvalue weighted by atomic mass is 35.5. The van der Waals surface area contributed by atoms with Gasteiger partial charge in [0.05, 0.1) is 17.7 Å². The predicted molar refractivity (Wildman–Crippen MR) is 52.9 cm³/mol. The zero-order valence-corrected chi connectivity index (χ0v) is 8.55. The lowest BCUT2D eigenvalue weighted by Gasteiger charge is -2.10. The fourth-order valence-electron chi connectivity index (χ4n) is 1.25. The second kappa shape index (κ2) is 3.75. The number of hydrogen-bond acceptors (Lipinski definition) is 3. The Labute approximate surface area is 86.2 Å². The number of aromatic hydroxyl groups is 1. The van der Waals surface area contributed by atoms with Gasteiger partial charge in [-0.3, -0.25) is 4.79 Å². The lowest BCUT2D eigenvalue weighted by molar-refractivity contribution is 0.0996.